The molecule has 1 aliphatic rings. The van der Waals surface area contributed by atoms with Gasteiger partial charge in [-0.3, -0.25) is 19.8 Å². The van der Waals surface area contributed by atoms with Crippen LogP contribution in [0.5, 0.6) is 0 Å². The van der Waals surface area contributed by atoms with Crippen molar-refractivity contribution in [1.29, 1.82) is 0 Å². The third-order valence-electron chi connectivity index (χ3n) is 4.64. The van der Waals surface area contributed by atoms with Gasteiger partial charge in [-0.05, 0) is 31.9 Å². The number of aryl methyl sites for hydroxylation is 1. The van der Waals surface area contributed by atoms with Crippen molar-refractivity contribution >= 4 is 34.3 Å². The molecule has 0 saturated carbocycles. The number of pyridine rings is 2. The standard InChI is InChI=1S/C20H24N8O/c1-12-18(8-14(23-2)11-25-12)27-20(29)19(28-22)17-6-5-13(10-26-17)15(9-21)16-4-3-7-24-16/h5-6,8-11,23H,3-4,7,21-22H2,1-2H3,(H,27,29)/b15-9-,28-19+. The number of hydrazone groups is 1. The maximum Gasteiger partial charge on any atom is 0.278 e. The van der Waals surface area contributed by atoms with Gasteiger partial charge < -0.3 is 22.2 Å². The average molecular weight is 392 g/mol. The number of aliphatic imine (C=N–C) groups is 1. The minimum absolute atomic E-state index is 0.0160. The van der Waals surface area contributed by atoms with E-state index in [1.165, 1.54) is 6.20 Å². The van der Waals surface area contributed by atoms with E-state index in [-0.39, 0.29) is 5.71 Å². The predicted octanol–water partition coefficient (Wildman–Crippen LogP) is 1.66. The first-order valence-corrected chi connectivity index (χ1v) is 9.23. The van der Waals surface area contributed by atoms with Crippen LogP contribution >= 0.6 is 0 Å². The average Bonchev–Trinajstić information content (AvgIpc) is 3.26. The highest BCUT2D eigenvalue weighted by molar-refractivity contribution is 6.48. The molecular weight excluding hydrogens is 368 g/mol. The largest absolute Gasteiger partial charge is 0.404 e. The molecule has 2 aromatic rings. The van der Waals surface area contributed by atoms with Crippen LogP contribution < -0.4 is 22.2 Å². The first-order chi connectivity index (χ1) is 14.1. The number of nitrogens with one attached hydrogen (secondary N) is 2. The first-order valence-electron chi connectivity index (χ1n) is 9.23. The molecule has 6 N–H and O–H groups in total. The molecule has 3 rings (SSSR count). The molecule has 0 unspecified atom stereocenters. The smallest absolute Gasteiger partial charge is 0.278 e. The van der Waals surface area contributed by atoms with Crippen LogP contribution in [0.3, 0.4) is 0 Å². The normalized spacial score (nSPS) is 14.5. The summed E-state index contributed by atoms with van der Waals surface area (Å²) in [6.07, 6.45) is 6.77. The fraction of sp³-hybridized carbons (Fsp3) is 0.250. The Morgan fingerprint density at radius 3 is 2.69 bits per heavy atom. The lowest BCUT2D eigenvalue weighted by molar-refractivity contribution is -0.110. The van der Waals surface area contributed by atoms with Crippen molar-refractivity contribution in [1.82, 2.24) is 9.97 Å². The first kappa shape index (κ1) is 20.0. The fourth-order valence-corrected chi connectivity index (χ4v) is 3.03. The van der Waals surface area contributed by atoms with Gasteiger partial charge in [0.25, 0.3) is 5.91 Å². The molecule has 2 aromatic heterocycles. The van der Waals surface area contributed by atoms with Crippen LogP contribution in [-0.2, 0) is 4.79 Å². The second-order valence-corrected chi connectivity index (χ2v) is 6.48. The summed E-state index contributed by atoms with van der Waals surface area (Å²) in [7, 11) is 1.78. The molecule has 0 radical (unpaired) electrons. The molecule has 29 heavy (non-hydrogen) atoms. The Labute approximate surface area is 169 Å². The van der Waals surface area contributed by atoms with Gasteiger partial charge in [0.05, 0.1) is 29.0 Å². The number of aromatic nitrogens is 2. The van der Waals surface area contributed by atoms with Crippen LogP contribution in [0, 0.1) is 6.92 Å². The number of allylic oxidation sites excluding steroid dienone is 1. The molecule has 0 aliphatic carbocycles. The number of hydrogen-bond acceptors (Lipinski definition) is 8. The third-order valence-corrected chi connectivity index (χ3v) is 4.64. The third kappa shape index (κ3) is 4.40. The number of rotatable bonds is 6. The number of nitrogens with zero attached hydrogens (tertiary/aromatic N) is 4. The highest BCUT2D eigenvalue weighted by atomic mass is 16.2. The van der Waals surface area contributed by atoms with Gasteiger partial charge in [0, 0.05) is 42.8 Å². The zero-order chi connectivity index (χ0) is 20.8. The number of carbonyl (C=O) groups excluding carboxylic acids is 1. The molecule has 1 aliphatic heterocycles. The van der Waals surface area contributed by atoms with E-state index in [0.29, 0.717) is 17.1 Å². The van der Waals surface area contributed by atoms with Crippen molar-refractivity contribution in [2.45, 2.75) is 19.8 Å². The van der Waals surface area contributed by atoms with Crippen LogP contribution in [0.4, 0.5) is 11.4 Å². The summed E-state index contributed by atoms with van der Waals surface area (Å²) < 4.78 is 0. The van der Waals surface area contributed by atoms with Gasteiger partial charge in [0.2, 0.25) is 0 Å². The number of nitrogens with two attached hydrogens (primary N) is 2. The number of hydrogen-bond donors (Lipinski definition) is 4. The molecule has 0 aromatic carbocycles. The Hall–Kier alpha value is -3.75. The molecular formula is C20H24N8O. The van der Waals surface area contributed by atoms with E-state index in [0.717, 1.165) is 41.9 Å². The van der Waals surface area contributed by atoms with Crippen molar-refractivity contribution in [3.05, 3.63) is 53.7 Å². The van der Waals surface area contributed by atoms with Crippen LogP contribution in [0.1, 0.15) is 29.8 Å². The van der Waals surface area contributed by atoms with Crippen molar-refractivity contribution in [2.24, 2.45) is 21.7 Å². The summed E-state index contributed by atoms with van der Waals surface area (Å²) in [5, 5.41) is 9.41. The van der Waals surface area contributed by atoms with Crippen LogP contribution in [0.25, 0.3) is 5.57 Å². The zero-order valence-electron chi connectivity index (χ0n) is 16.4. The lowest BCUT2D eigenvalue weighted by Gasteiger charge is -2.11. The van der Waals surface area contributed by atoms with Crippen LogP contribution in [0.15, 0.2) is 46.9 Å². The molecule has 0 saturated heterocycles. The monoisotopic (exact) mass is 392 g/mol. The number of amides is 1. The van der Waals surface area contributed by atoms with Crippen LogP contribution in [-0.4, -0.2) is 40.9 Å². The lowest BCUT2D eigenvalue weighted by Crippen LogP contribution is -2.26. The van der Waals surface area contributed by atoms with Gasteiger partial charge in [0.1, 0.15) is 0 Å². The van der Waals surface area contributed by atoms with E-state index in [4.69, 9.17) is 11.6 Å². The minimum Gasteiger partial charge on any atom is -0.404 e. The Bertz CT molecular complexity index is 992. The molecule has 1 amide bonds. The van der Waals surface area contributed by atoms with Gasteiger partial charge >= 0.3 is 0 Å². The van der Waals surface area contributed by atoms with E-state index in [9.17, 15) is 4.79 Å². The summed E-state index contributed by atoms with van der Waals surface area (Å²) in [6.45, 7) is 2.61. The molecule has 0 atom stereocenters. The summed E-state index contributed by atoms with van der Waals surface area (Å²) in [5.74, 6) is 5.01. The molecule has 3 heterocycles. The maximum absolute atomic E-state index is 12.7. The van der Waals surface area contributed by atoms with Gasteiger partial charge in [0.15, 0.2) is 5.71 Å². The van der Waals surface area contributed by atoms with Gasteiger partial charge in [-0.2, -0.15) is 5.10 Å². The topological polar surface area (TPSA) is 144 Å². The summed E-state index contributed by atoms with van der Waals surface area (Å²) in [5.41, 5.74) is 10.8. The molecule has 0 fully saturated rings. The summed E-state index contributed by atoms with van der Waals surface area (Å²) in [6, 6.07) is 5.30. The van der Waals surface area contributed by atoms with Crippen molar-refractivity contribution < 1.29 is 4.79 Å². The molecule has 150 valence electrons. The molecule has 0 spiro atoms. The quantitative estimate of drug-likeness (QED) is 0.334. The highest BCUT2D eigenvalue weighted by Gasteiger charge is 2.19. The second-order valence-electron chi connectivity index (χ2n) is 6.48. The lowest BCUT2D eigenvalue weighted by atomic mass is 10.0. The van der Waals surface area contributed by atoms with E-state index in [1.54, 1.807) is 38.5 Å². The van der Waals surface area contributed by atoms with Crippen molar-refractivity contribution in [2.75, 3.05) is 24.2 Å². The Kier molecular flexibility index (Phi) is 6.18. The van der Waals surface area contributed by atoms with E-state index in [1.807, 2.05) is 6.07 Å². The van der Waals surface area contributed by atoms with Crippen molar-refractivity contribution in [3.8, 4) is 0 Å². The Morgan fingerprint density at radius 2 is 2.10 bits per heavy atom. The Morgan fingerprint density at radius 1 is 1.28 bits per heavy atom. The van der Waals surface area contributed by atoms with Gasteiger partial charge in [-0.15, -0.1) is 0 Å². The van der Waals surface area contributed by atoms with Gasteiger partial charge in [-0.25, -0.2) is 0 Å². The van der Waals surface area contributed by atoms with E-state index in [2.05, 4.69) is 30.7 Å². The summed E-state index contributed by atoms with van der Waals surface area (Å²) >= 11 is 0. The zero-order valence-corrected chi connectivity index (χ0v) is 16.4. The van der Waals surface area contributed by atoms with E-state index >= 15 is 0 Å². The second kappa shape index (κ2) is 8.96. The SMILES string of the molecule is CNc1cnc(C)c(NC(=O)/C(=N/N)c2ccc(/C(=C/N)C3=NCCC3)cn2)c1. The molecule has 9 nitrogen and oxygen atoms in total. The van der Waals surface area contributed by atoms with Crippen molar-refractivity contribution in [3.63, 3.8) is 0 Å². The maximum atomic E-state index is 12.7. The fourth-order valence-electron chi connectivity index (χ4n) is 3.03. The molecule has 0 bridgehead atoms. The molecule has 9 heteroatoms. The predicted molar refractivity (Wildman–Crippen MR) is 116 cm³/mol. The Balaban J connectivity index is 1.80. The minimum atomic E-state index is -0.472. The highest BCUT2D eigenvalue weighted by Crippen LogP contribution is 2.21. The van der Waals surface area contributed by atoms with Crippen LogP contribution in [0.2, 0.25) is 0 Å². The number of anilines is 2. The number of carbonyl (C=O) groups is 1. The summed E-state index contributed by atoms with van der Waals surface area (Å²) in [4.78, 5) is 25.8. The van der Waals surface area contributed by atoms with E-state index < -0.39 is 5.91 Å². The van der Waals surface area contributed by atoms with Gasteiger partial charge in [-0.1, -0.05) is 6.07 Å².